The fraction of sp³-hybridized carbons (Fsp3) is 0.842. The van der Waals surface area contributed by atoms with Crippen LogP contribution in [0.4, 0.5) is 0 Å². The van der Waals surface area contributed by atoms with Gasteiger partial charge in [0.2, 0.25) is 5.89 Å². The van der Waals surface area contributed by atoms with Crippen LogP contribution in [0, 0.1) is 0 Å². The lowest BCUT2D eigenvalue weighted by Crippen LogP contribution is -2.37. The normalized spacial score (nSPS) is 13.0. The molecule has 7 heteroatoms. The SMILES string of the molecule is CCCCCCCCCNC(=NCc1nc(C(C)OCC)no1)NCC. The van der Waals surface area contributed by atoms with Crippen molar-refractivity contribution >= 4 is 5.96 Å². The van der Waals surface area contributed by atoms with Crippen molar-refractivity contribution in [1.82, 2.24) is 20.8 Å². The molecule has 26 heavy (non-hydrogen) atoms. The summed E-state index contributed by atoms with van der Waals surface area (Å²) in [5.74, 6) is 1.86. The van der Waals surface area contributed by atoms with E-state index >= 15 is 0 Å². The van der Waals surface area contributed by atoms with E-state index in [0.717, 1.165) is 25.5 Å². The van der Waals surface area contributed by atoms with E-state index in [1.165, 1.54) is 38.5 Å². The summed E-state index contributed by atoms with van der Waals surface area (Å²) in [6.45, 7) is 10.9. The average Bonchev–Trinajstić information content (AvgIpc) is 3.11. The predicted molar refractivity (Wildman–Crippen MR) is 105 cm³/mol. The maximum absolute atomic E-state index is 5.47. The first-order chi connectivity index (χ1) is 12.7. The number of aromatic nitrogens is 2. The molecule has 1 aromatic rings. The van der Waals surface area contributed by atoms with Crippen molar-refractivity contribution < 1.29 is 9.26 Å². The molecule has 7 nitrogen and oxygen atoms in total. The Hall–Kier alpha value is -1.63. The highest BCUT2D eigenvalue weighted by Gasteiger charge is 2.13. The molecule has 0 bridgehead atoms. The zero-order valence-electron chi connectivity index (χ0n) is 17.0. The minimum Gasteiger partial charge on any atom is -0.371 e. The van der Waals surface area contributed by atoms with E-state index in [4.69, 9.17) is 9.26 Å². The number of aliphatic imine (C=N–C) groups is 1. The maximum Gasteiger partial charge on any atom is 0.248 e. The minimum atomic E-state index is -0.162. The Morgan fingerprint density at radius 3 is 2.50 bits per heavy atom. The third-order valence-electron chi connectivity index (χ3n) is 4.05. The summed E-state index contributed by atoms with van der Waals surface area (Å²) >= 11 is 0. The first kappa shape index (κ1) is 22.4. The van der Waals surface area contributed by atoms with Crippen LogP contribution < -0.4 is 10.6 Å². The summed E-state index contributed by atoms with van der Waals surface area (Å²) in [5, 5.41) is 10.6. The molecule has 0 aliphatic carbocycles. The molecule has 1 aromatic heterocycles. The van der Waals surface area contributed by atoms with E-state index in [9.17, 15) is 0 Å². The number of hydrogen-bond donors (Lipinski definition) is 2. The molecule has 0 saturated carbocycles. The van der Waals surface area contributed by atoms with Gasteiger partial charge in [0.25, 0.3) is 0 Å². The van der Waals surface area contributed by atoms with Crippen molar-refractivity contribution in [3.63, 3.8) is 0 Å². The molecule has 1 atom stereocenters. The molecule has 0 aromatic carbocycles. The highest BCUT2D eigenvalue weighted by molar-refractivity contribution is 5.79. The number of hydrogen-bond acceptors (Lipinski definition) is 5. The lowest BCUT2D eigenvalue weighted by atomic mass is 10.1. The highest BCUT2D eigenvalue weighted by atomic mass is 16.5. The second-order valence-corrected chi connectivity index (χ2v) is 6.39. The van der Waals surface area contributed by atoms with E-state index in [0.29, 0.717) is 24.9 Å². The van der Waals surface area contributed by atoms with E-state index in [1.807, 2.05) is 13.8 Å². The largest absolute Gasteiger partial charge is 0.371 e. The van der Waals surface area contributed by atoms with Gasteiger partial charge in [0.15, 0.2) is 11.8 Å². The smallest absolute Gasteiger partial charge is 0.248 e. The Labute approximate surface area is 158 Å². The summed E-state index contributed by atoms with van der Waals surface area (Å²) < 4.78 is 10.7. The van der Waals surface area contributed by atoms with E-state index < -0.39 is 0 Å². The lowest BCUT2D eigenvalue weighted by molar-refractivity contribution is 0.0683. The van der Waals surface area contributed by atoms with Crippen LogP contribution in [-0.4, -0.2) is 35.8 Å². The number of guanidine groups is 1. The zero-order valence-corrected chi connectivity index (χ0v) is 17.0. The third kappa shape index (κ3) is 9.75. The first-order valence-electron chi connectivity index (χ1n) is 10.2. The topological polar surface area (TPSA) is 84.6 Å². The standard InChI is InChI=1S/C19H37N5O2/c1-5-8-9-10-11-12-13-14-21-19(20-6-2)22-15-17-23-18(24-26-17)16(4)25-7-3/h16H,5-15H2,1-4H3,(H2,20,21,22). The van der Waals surface area contributed by atoms with Crippen molar-refractivity contribution in [2.45, 2.75) is 85.3 Å². The number of ether oxygens (including phenoxy) is 1. The quantitative estimate of drug-likeness (QED) is 0.294. The molecule has 0 radical (unpaired) electrons. The third-order valence-corrected chi connectivity index (χ3v) is 4.05. The molecule has 1 rings (SSSR count). The maximum atomic E-state index is 5.47. The fourth-order valence-corrected chi connectivity index (χ4v) is 2.60. The molecule has 2 N–H and O–H groups in total. The van der Waals surface area contributed by atoms with E-state index in [1.54, 1.807) is 0 Å². The first-order valence-corrected chi connectivity index (χ1v) is 10.2. The molecule has 150 valence electrons. The number of unbranched alkanes of at least 4 members (excludes halogenated alkanes) is 6. The van der Waals surface area contributed by atoms with Gasteiger partial charge in [-0.05, 0) is 27.2 Å². The second-order valence-electron chi connectivity index (χ2n) is 6.39. The second kappa shape index (κ2) is 14.5. The van der Waals surface area contributed by atoms with Gasteiger partial charge in [-0.3, -0.25) is 0 Å². The van der Waals surface area contributed by atoms with Gasteiger partial charge in [0.05, 0.1) is 0 Å². The van der Waals surface area contributed by atoms with Crippen LogP contribution in [-0.2, 0) is 11.3 Å². The van der Waals surface area contributed by atoms with Crippen molar-refractivity contribution in [3.05, 3.63) is 11.7 Å². The van der Waals surface area contributed by atoms with Gasteiger partial charge >= 0.3 is 0 Å². The molecular weight excluding hydrogens is 330 g/mol. The summed E-state index contributed by atoms with van der Waals surface area (Å²) in [5.41, 5.74) is 0. The summed E-state index contributed by atoms with van der Waals surface area (Å²) in [4.78, 5) is 8.86. The minimum absolute atomic E-state index is 0.162. The predicted octanol–water partition coefficient (Wildman–Crippen LogP) is 3.97. The van der Waals surface area contributed by atoms with Crippen LogP contribution in [0.15, 0.2) is 9.52 Å². The van der Waals surface area contributed by atoms with Crippen molar-refractivity contribution in [2.75, 3.05) is 19.7 Å². The van der Waals surface area contributed by atoms with Crippen molar-refractivity contribution in [3.8, 4) is 0 Å². The molecule has 1 unspecified atom stereocenters. The van der Waals surface area contributed by atoms with Gasteiger partial charge in [-0.2, -0.15) is 4.98 Å². The van der Waals surface area contributed by atoms with Gasteiger partial charge in [0.1, 0.15) is 12.6 Å². The van der Waals surface area contributed by atoms with Gasteiger partial charge < -0.3 is 19.9 Å². The lowest BCUT2D eigenvalue weighted by Gasteiger charge is -2.10. The Kier molecular flexibility index (Phi) is 12.5. The van der Waals surface area contributed by atoms with E-state index in [2.05, 4.69) is 39.6 Å². The Morgan fingerprint density at radius 1 is 1.08 bits per heavy atom. The summed E-state index contributed by atoms with van der Waals surface area (Å²) in [7, 11) is 0. The van der Waals surface area contributed by atoms with Gasteiger partial charge in [-0.15, -0.1) is 0 Å². The van der Waals surface area contributed by atoms with Crippen LogP contribution in [0.2, 0.25) is 0 Å². The monoisotopic (exact) mass is 367 g/mol. The highest BCUT2D eigenvalue weighted by Crippen LogP contribution is 2.13. The zero-order chi connectivity index (χ0) is 19.0. The van der Waals surface area contributed by atoms with Crippen LogP contribution >= 0.6 is 0 Å². The fourth-order valence-electron chi connectivity index (χ4n) is 2.60. The van der Waals surface area contributed by atoms with Crippen LogP contribution in [0.25, 0.3) is 0 Å². The summed E-state index contributed by atoms with van der Waals surface area (Å²) in [6.07, 6.45) is 8.95. The van der Waals surface area contributed by atoms with Gasteiger partial charge in [-0.1, -0.05) is 50.6 Å². The number of rotatable bonds is 14. The number of nitrogens with one attached hydrogen (secondary N) is 2. The molecular formula is C19H37N5O2. The Balaban J connectivity index is 2.32. The average molecular weight is 368 g/mol. The number of nitrogens with zero attached hydrogens (tertiary/aromatic N) is 3. The van der Waals surface area contributed by atoms with Crippen LogP contribution in [0.3, 0.4) is 0 Å². The Morgan fingerprint density at radius 2 is 1.81 bits per heavy atom. The molecule has 0 saturated heterocycles. The van der Waals surface area contributed by atoms with Crippen LogP contribution in [0.5, 0.6) is 0 Å². The molecule has 0 fully saturated rings. The van der Waals surface area contributed by atoms with Crippen LogP contribution in [0.1, 0.15) is 90.5 Å². The Bertz CT molecular complexity index is 490. The van der Waals surface area contributed by atoms with Gasteiger partial charge in [0, 0.05) is 19.7 Å². The molecule has 0 spiro atoms. The van der Waals surface area contributed by atoms with E-state index in [-0.39, 0.29) is 6.10 Å². The summed E-state index contributed by atoms with van der Waals surface area (Å²) in [6, 6.07) is 0. The molecule has 1 heterocycles. The molecule has 0 aliphatic rings. The molecule has 0 aliphatic heterocycles. The van der Waals surface area contributed by atoms with Crippen molar-refractivity contribution in [1.29, 1.82) is 0 Å². The van der Waals surface area contributed by atoms with Gasteiger partial charge in [-0.25, -0.2) is 4.99 Å². The molecule has 0 amide bonds. The van der Waals surface area contributed by atoms with Crippen molar-refractivity contribution in [2.24, 2.45) is 4.99 Å².